The maximum Gasteiger partial charge on any atom is 0.340 e. The first-order valence-corrected chi connectivity index (χ1v) is 9.96. The van der Waals surface area contributed by atoms with Crippen molar-refractivity contribution in [2.24, 2.45) is 0 Å². The van der Waals surface area contributed by atoms with E-state index in [1.165, 1.54) is 18.1 Å². The van der Waals surface area contributed by atoms with Gasteiger partial charge in [0.2, 0.25) is 0 Å². The van der Waals surface area contributed by atoms with Crippen molar-refractivity contribution < 1.29 is 28.9 Å². The van der Waals surface area contributed by atoms with Gasteiger partial charge in [-0.05, 0) is 57.2 Å². The van der Waals surface area contributed by atoms with Crippen molar-refractivity contribution in [3.8, 4) is 17.2 Å². The van der Waals surface area contributed by atoms with Gasteiger partial charge in [0.1, 0.15) is 5.75 Å². The molecule has 0 aromatic heterocycles. The summed E-state index contributed by atoms with van der Waals surface area (Å²) in [6.07, 6.45) is 1.48. The Kier molecular flexibility index (Phi) is 6.65. The standard InChI is InChI=1S/C24H25NO6/c1-5-30-18-12-10-17(11-13-18)25-15(3)21(24(28)31-6-2)19(23(25)27)14-16-8-7-9-20(29-4)22(16)26/h7-14,26H,5-6H2,1-4H3/b19-14-. The number of anilines is 1. The van der Waals surface area contributed by atoms with Gasteiger partial charge in [0, 0.05) is 16.9 Å². The van der Waals surface area contributed by atoms with Gasteiger partial charge < -0.3 is 19.3 Å². The van der Waals surface area contributed by atoms with Gasteiger partial charge in [-0.15, -0.1) is 0 Å². The zero-order chi connectivity index (χ0) is 22.5. The third-order valence-electron chi connectivity index (χ3n) is 4.84. The van der Waals surface area contributed by atoms with Gasteiger partial charge >= 0.3 is 5.97 Å². The van der Waals surface area contributed by atoms with E-state index in [1.54, 1.807) is 56.3 Å². The maximum atomic E-state index is 13.4. The number of ether oxygens (including phenoxy) is 3. The second-order valence-electron chi connectivity index (χ2n) is 6.70. The zero-order valence-corrected chi connectivity index (χ0v) is 18.0. The molecule has 0 saturated heterocycles. The lowest BCUT2D eigenvalue weighted by molar-refractivity contribution is -0.138. The number of amides is 1. The number of hydrogen-bond donors (Lipinski definition) is 1. The molecule has 0 saturated carbocycles. The average molecular weight is 423 g/mol. The van der Waals surface area contributed by atoms with Crippen LogP contribution in [0.4, 0.5) is 5.69 Å². The van der Waals surface area contributed by atoms with Crippen LogP contribution in [0.2, 0.25) is 0 Å². The van der Waals surface area contributed by atoms with E-state index in [0.717, 1.165) is 0 Å². The molecule has 1 aliphatic heterocycles. The van der Waals surface area contributed by atoms with Crippen molar-refractivity contribution >= 4 is 23.6 Å². The number of methoxy groups -OCH3 is 1. The second-order valence-corrected chi connectivity index (χ2v) is 6.70. The smallest absolute Gasteiger partial charge is 0.340 e. The predicted octanol–water partition coefficient (Wildman–Crippen LogP) is 4.07. The van der Waals surface area contributed by atoms with E-state index in [4.69, 9.17) is 14.2 Å². The fourth-order valence-corrected chi connectivity index (χ4v) is 3.43. The second kappa shape index (κ2) is 9.38. The molecular weight excluding hydrogens is 398 g/mol. The molecule has 0 atom stereocenters. The number of nitrogens with zero attached hydrogens (tertiary/aromatic N) is 1. The summed E-state index contributed by atoms with van der Waals surface area (Å²) >= 11 is 0. The Balaban J connectivity index is 2.11. The summed E-state index contributed by atoms with van der Waals surface area (Å²) in [5.41, 5.74) is 1.68. The average Bonchev–Trinajstić information content (AvgIpc) is 3.00. The van der Waals surface area contributed by atoms with Crippen LogP contribution in [0, 0.1) is 0 Å². The zero-order valence-electron chi connectivity index (χ0n) is 18.0. The van der Waals surface area contributed by atoms with Crippen LogP contribution in [0.3, 0.4) is 0 Å². The molecule has 7 heteroatoms. The van der Waals surface area contributed by atoms with E-state index < -0.39 is 11.9 Å². The first kappa shape index (κ1) is 22.0. The number of para-hydroxylation sites is 1. The van der Waals surface area contributed by atoms with Crippen molar-refractivity contribution in [1.82, 2.24) is 0 Å². The molecule has 31 heavy (non-hydrogen) atoms. The van der Waals surface area contributed by atoms with Gasteiger partial charge in [-0.2, -0.15) is 0 Å². The molecule has 0 unspecified atom stereocenters. The number of phenols is 1. The van der Waals surface area contributed by atoms with Crippen LogP contribution in [0.1, 0.15) is 26.3 Å². The monoisotopic (exact) mass is 423 g/mol. The number of hydrogen-bond acceptors (Lipinski definition) is 6. The number of allylic oxidation sites excluding steroid dienone is 1. The SMILES string of the molecule is CCOC(=O)C1=C(C)N(c2ccc(OCC)cc2)C(=O)/C1=C\c1cccc(OC)c1O. The molecule has 0 aliphatic carbocycles. The third-order valence-corrected chi connectivity index (χ3v) is 4.84. The Morgan fingerprint density at radius 3 is 2.42 bits per heavy atom. The quantitative estimate of drug-likeness (QED) is 0.534. The number of esters is 1. The number of phenolic OH excluding ortho intramolecular Hbond substituents is 1. The number of rotatable bonds is 7. The van der Waals surface area contributed by atoms with Gasteiger partial charge in [0.15, 0.2) is 11.5 Å². The Bertz CT molecular complexity index is 1050. The Hall–Kier alpha value is -3.74. The minimum atomic E-state index is -0.601. The van der Waals surface area contributed by atoms with Gasteiger partial charge in [-0.25, -0.2) is 4.79 Å². The van der Waals surface area contributed by atoms with Crippen molar-refractivity contribution in [1.29, 1.82) is 0 Å². The van der Waals surface area contributed by atoms with Crippen LogP contribution in [0.15, 0.2) is 59.3 Å². The summed E-state index contributed by atoms with van der Waals surface area (Å²) in [7, 11) is 1.44. The number of carbonyl (C=O) groups excluding carboxylic acids is 2. The third kappa shape index (κ3) is 4.26. The largest absolute Gasteiger partial charge is 0.504 e. The Morgan fingerprint density at radius 2 is 1.81 bits per heavy atom. The van der Waals surface area contributed by atoms with E-state index in [-0.39, 0.29) is 29.3 Å². The summed E-state index contributed by atoms with van der Waals surface area (Å²) in [5, 5.41) is 10.5. The number of aromatic hydroxyl groups is 1. The summed E-state index contributed by atoms with van der Waals surface area (Å²) in [6.45, 7) is 5.98. The highest BCUT2D eigenvalue weighted by Crippen LogP contribution is 2.38. The van der Waals surface area contributed by atoms with E-state index in [9.17, 15) is 14.7 Å². The van der Waals surface area contributed by atoms with Crippen LogP contribution in [0.5, 0.6) is 17.2 Å². The van der Waals surface area contributed by atoms with Gasteiger partial charge in [0.05, 0.1) is 31.5 Å². The first-order chi connectivity index (χ1) is 14.9. The summed E-state index contributed by atoms with van der Waals surface area (Å²) < 4.78 is 15.8. The minimum Gasteiger partial charge on any atom is -0.504 e. The van der Waals surface area contributed by atoms with Crippen LogP contribution < -0.4 is 14.4 Å². The molecule has 2 aromatic carbocycles. The van der Waals surface area contributed by atoms with Crippen molar-refractivity contribution in [2.75, 3.05) is 25.2 Å². The van der Waals surface area contributed by atoms with Crippen molar-refractivity contribution in [2.45, 2.75) is 20.8 Å². The molecule has 0 bridgehead atoms. The fraction of sp³-hybridized carbons (Fsp3) is 0.250. The lowest BCUT2D eigenvalue weighted by Crippen LogP contribution is -2.24. The fourth-order valence-electron chi connectivity index (χ4n) is 3.43. The van der Waals surface area contributed by atoms with E-state index in [0.29, 0.717) is 29.3 Å². The van der Waals surface area contributed by atoms with Gasteiger partial charge in [-0.1, -0.05) is 12.1 Å². The molecular formula is C24H25NO6. The molecule has 1 N–H and O–H groups in total. The van der Waals surface area contributed by atoms with E-state index in [2.05, 4.69) is 0 Å². The molecule has 1 aliphatic rings. The molecule has 162 valence electrons. The number of benzene rings is 2. The van der Waals surface area contributed by atoms with Crippen LogP contribution in [0.25, 0.3) is 6.08 Å². The minimum absolute atomic E-state index is 0.120. The van der Waals surface area contributed by atoms with Crippen LogP contribution in [-0.2, 0) is 14.3 Å². The molecule has 0 fully saturated rings. The molecule has 2 aromatic rings. The number of carbonyl (C=O) groups is 2. The predicted molar refractivity (Wildman–Crippen MR) is 117 cm³/mol. The topological polar surface area (TPSA) is 85.3 Å². The lowest BCUT2D eigenvalue weighted by atomic mass is 10.0. The molecule has 7 nitrogen and oxygen atoms in total. The van der Waals surface area contributed by atoms with E-state index >= 15 is 0 Å². The van der Waals surface area contributed by atoms with Crippen LogP contribution in [-0.4, -0.2) is 37.3 Å². The molecule has 3 rings (SSSR count). The Labute approximate surface area is 181 Å². The molecule has 1 amide bonds. The van der Waals surface area contributed by atoms with Crippen molar-refractivity contribution in [3.63, 3.8) is 0 Å². The molecule has 0 spiro atoms. The highest BCUT2D eigenvalue weighted by Gasteiger charge is 2.38. The van der Waals surface area contributed by atoms with Gasteiger partial charge in [0.25, 0.3) is 5.91 Å². The normalized spacial score (nSPS) is 14.9. The molecule has 1 heterocycles. The van der Waals surface area contributed by atoms with Crippen molar-refractivity contribution in [3.05, 3.63) is 64.9 Å². The van der Waals surface area contributed by atoms with Crippen LogP contribution >= 0.6 is 0 Å². The van der Waals surface area contributed by atoms with Gasteiger partial charge in [-0.3, -0.25) is 9.69 Å². The summed E-state index contributed by atoms with van der Waals surface area (Å²) in [5.74, 6) is -0.170. The first-order valence-electron chi connectivity index (χ1n) is 9.96. The highest BCUT2D eigenvalue weighted by atomic mass is 16.5. The maximum absolute atomic E-state index is 13.4. The highest BCUT2D eigenvalue weighted by molar-refractivity contribution is 6.24. The lowest BCUT2D eigenvalue weighted by Gasteiger charge is -2.18. The summed E-state index contributed by atoms with van der Waals surface area (Å²) in [6, 6.07) is 12.0. The Morgan fingerprint density at radius 1 is 1.10 bits per heavy atom. The molecule has 0 radical (unpaired) electrons. The van der Waals surface area contributed by atoms with E-state index in [1.807, 2.05) is 6.92 Å². The summed E-state index contributed by atoms with van der Waals surface area (Å²) in [4.78, 5) is 27.5.